The summed E-state index contributed by atoms with van der Waals surface area (Å²) in [6.07, 6.45) is 0. The average Bonchev–Trinajstić information content (AvgIpc) is 1.90. The summed E-state index contributed by atoms with van der Waals surface area (Å²) in [5.41, 5.74) is 1.25. The first kappa shape index (κ1) is 6.81. The standard InChI is InChI=1S/C8H8Br/c1-7(9)8-5-3-2-4-6-8/h2-6H,1H3. The van der Waals surface area contributed by atoms with E-state index in [9.17, 15) is 0 Å². The Morgan fingerprint density at radius 1 is 1.22 bits per heavy atom. The largest absolute Gasteiger partial charge is 0.0785 e. The lowest BCUT2D eigenvalue weighted by atomic mass is 10.2. The van der Waals surface area contributed by atoms with Crippen molar-refractivity contribution < 1.29 is 0 Å². The van der Waals surface area contributed by atoms with Gasteiger partial charge >= 0.3 is 0 Å². The average molecular weight is 184 g/mol. The smallest absolute Gasteiger partial charge is 0.0668 e. The van der Waals surface area contributed by atoms with E-state index in [2.05, 4.69) is 28.1 Å². The molecule has 1 aromatic rings. The molecule has 0 aliphatic rings. The second-order valence-electron chi connectivity index (χ2n) is 1.90. The molecule has 0 unspecified atom stereocenters. The normalized spacial score (nSPS) is 10.1. The molecule has 0 fully saturated rings. The van der Waals surface area contributed by atoms with Gasteiger partial charge in [0.05, 0.1) is 4.83 Å². The van der Waals surface area contributed by atoms with Crippen molar-refractivity contribution in [1.29, 1.82) is 0 Å². The van der Waals surface area contributed by atoms with Crippen LogP contribution >= 0.6 is 15.9 Å². The van der Waals surface area contributed by atoms with Crippen LogP contribution in [0.2, 0.25) is 0 Å². The predicted molar refractivity (Wildman–Crippen MR) is 43.4 cm³/mol. The summed E-state index contributed by atoms with van der Waals surface area (Å²) in [4.78, 5) is 1.18. The van der Waals surface area contributed by atoms with Crippen LogP contribution in [-0.2, 0) is 0 Å². The zero-order valence-corrected chi connectivity index (χ0v) is 6.85. The molecule has 47 valence electrons. The molecular weight excluding hydrogens is 176 g/mol. The van der Waals surface area contributed by atoms with Gasteiger partial charge in [-0.25, -0.2) is 0 Å². The van der Waals surface area contributed by atoms with E-state index in [0.717, 1.165) is 0 Å². The van der Waals surface area contributed by atoms with Gasteiger partial charge in [-0.1, -0.05) is 46.3 Å². The van der Waals surface area contributed by atoms with Crippen molar-refractivity contribution in [2.45, 2.75) is 6.92 Å². The van der Waals surface area contributed by atoms with Crippen molar-refractivity contribution in [1.82, 2.24) is 0 Å². The first-order valence-corrected chi connectivity index (χ1v) is 3.64. The summed E-state index contributed by atoms with van der Waals surface area (Å²) < 4.78 is 0. The Morgan fingerprint density at radius 2 is 1.78 bits per heavy atom. The molecule has 1 aromatic carbocycles. The maximum absolute atomic E-state index is 3.40. The van der Waals surface area contributed by atoms with Crippen LogP contribution in [0.5, 0.6) is 0 Å². The van der Waals surface area contributed by atoms with Gasteiger partial charge in [0.2, 0.25) is 0 Å². The Morgan fingerprint density at radius 3 is 2.11 bits per heavy atom. The van der Waals surface area contributed by atoms with Crippen LogP contribution in [0, 0.1) is 4.83 Å². The zero-order chi connectivity index (χ0) is 6.69. The van der Waals surface area contributed by atoms with Crippen LogP contribution in [0.3, 0.4) is 0 Å². The van der Waals surface area contributed by atoms with Gasteiger partial charge in [0.15, 0.2) is 0 Å². The predicted octanol–water partition coefficient (Wildman–Crippen LogP) is 2.98. The van der Waals surface area contributed by atoms with E-state index in [1.807, 2.05) is 25.1 Å². The molecule has 0 aromatic heterocycles. The first-order valence-electron chi connectivity index (χ1n) is 2.85. The third-order valence-corrected chi connectivity index (χ3v) is 1.63. The Bertz CT molecular complexity index is 167. The number of halogens is 1. The van der Waals surface area contributed by atoms with Crippen LogP contribution in [0.15, 0.2) is 30.3 Å². The van der Waals surface area contributed by atoms with E-state index in [1.54, 1.807) is 0 Å². The van der Waals surface area contributed by atoms with E-state index in [-0.39, 0.29) is 0 Å². The summed E-state index contributed by atoms with van der Waals surface area (Å²) in [6.45, 7) is 2.04. The van der Waals surface area contributed by atoms with Gasteiger partial charge in [-0.15, -0.1) is 0 Å². The minimum absolute atomic E-state index is 1.18. The highest BCUT2D eigenvalue weighted by Crippen LogP contribution is 2.18. The fourth-order valence-corrected chi connectivity index (χ4v) is 0.932. The topological polar surface area (TPSA) is 0 Å². The molecule has 0 aliphatic carbocycles. The molecule has 0 aliphatic heterocycles. The molecule has 0 atom stereocenters. The number of hydrogen-bond acceptors (Lipinski definition) is 0. The highest BCUT2D eigenvalue weighted by atomic mass is 79.9. The summed E-state index contributed by atoms with van der Waals surface area (Å²) in [7, 11) is 0. The molecule has 0 amide bonds. The van der Waals surface area contributed by atoms with Gasteiger partial charge in [-0.3, -0.25) is 0 Å². The van der Waals surface area contributed by atoms with E-state index < -0.39 is 0 Å². The number of hydrogen-bond donors (Lipinski definition) is 0. The van der Waals surface area contributed by atoms with Crippen LogP contribution in [0.25, 0.3) is 0 Å². The third kappa shape index (κ3) is 1.83. The highest BCUT2D eigenvalue weighted by molar-refractivity contribution is 9.11. The lowest BCUT2D eigenvalue weighted by Gasteiger charge is -1.98. The highest BCUT2D eigenvalue weighted by Gasteiger charge is 1.96. The Labute approximate surface area is 64.0 Å². The van der Waals surface area contributed by atoms with Crippen LogP contribution in [0.1, 0.15) is 12.5 Å². The molecule has 1 radical (unpaired) electrons. The summed E-state index contributed by atoms with van der Waals surface area (Å²) in [5.74, 6) is 0. The fourth-order valence-electron chi connectivity index (χ4n) is 0.668. The van der Waals surface area contributed by atoms with Crippen molar-refractivity contribution in [2.75, 3.05) is 0 Å². The maximum atomic E-state index is 3.40. The van der Waals surface area contributed by atoms with Crippen LogP contribution < -0.4 is 0 Å². The van der Waals surface area contributed by atoms with E-state index >= 15 is 0 Å². The summed E-state index contributed by atoms with van der Waals surface area (Å²) in [6, 6.07) is 10.2. The molecule has 0 heterocycles. The van der Waals surface area contributed by atoms with Gasteiger partial charge in [0.25, 0.3) is 0 Å². The third-order valence-electron chi connectivity index (χ3n) is 1.17. The van der Waals surface area contributed by atoms with Crippen molar-refractivity contribution in [2.24, 2.45) is 0 Å². The molecule has 0 spiro atoms. The molecule has 1 heteroatoms. The van der Waals surface area contributed by atoms with Gasteiger partial charge in [-0.2, -0.15) is 0 Å². The minimum Gasteiger partial charge on any atom is -0.0785 e. The zero-order valence-electron chi connectivity index (χ0n) is 5.26. The van der Waals surface area contributed by atoms with E-state index in [4.69, 9.17) is 0 Å². The SMILES string of the molecule is C[C](Br)c1ccccc1. The molecule has 9 heavy (non-hydrogen) atoms. The quantitative estimate of drug-likeness (QED) is 0.629. The van der Waals surface area contributed by atoms with Crippen molar-refractivity contribution in [3.8, 4) is 0 Å². The molecule has 1 rings (SSSR count). The van der Waals surface area contributed by atoms with Gasteiger partial charge in [0.1, 0.15) is 0 Å². The molecule has 0 saturated carbocycles. The van der Waals surface area contributed by atoms with Crippen molar-refractivity contribution in [3.05, 3.63) is 40.7 Å². The summed E-state index contributed by atoms with van der Waals surface area (Å²) in [5, 5.41) is 0. The Kier molecular flexibility index (Phi) is 2.29. The molecule has 0 N–H and O–H groups in total. The van der Waals surface area contributed by atoms with Gasteiger partial charge in [-0.05, 0) is 12.5 Å². The Hall–Kier alpha value is -0.300. The molecule has 0 nitrogen and oxygen atoms in total. The maximum Gasteiger partial charge on any atom is 0.0668 e. The van der Waals surface area contributed by atoms with Gasteiger partial charge < -0.3 is 0 Å². The second kappa shape index (κ2) is 3.02. The number of rotatable bonds is 1. The summed E-state index contributed by atoms with van der Waals surface area (Å²) >= 11 is 3.40. The monoisotopic (exact) mass is 183 g/mol. The second-order valence-corrected chi connectivity index (χ2v) is 3.09. The lowest BCUT2D eigenvalue weighted by Crippen LogP contribution is -1.80. The minimum atomic E-state index is 1.18. The fraction of sp³-hybridized carbons (Fsp3) is 0.125. The van der Waals surface area contributed by atoms with Crippen LogP contribution in [0.4, 0.5) is 0 Å². The first-order chi connectivity index (χ1) is 4.30. The van der Waals surface area contributed by atoms with E-state index in [1.165, 1.54) is 10.4 Å². The Balaban J connectivity index is 2.85. The van der Waals surface area contributed by atoms with Crippen molar-refractivity contribution in [3.63, 3.8) is 0 Å². The molecular formula is C8H8Br. The van der Waals surface area contributed by atoms with Crippen molar-refractivity contribution >= 4 is 15.9 Å². The lowest BCUT2D eigenvalue weighted by molar-refractivity contribution is 1.39. The van der Waals surface area contributed by atoms with E-state index in [0.29, 0.717) is 0 Å². The van der Waals surface area contributed by atoms with Crippen LogP contribution in [-0.4, -0.2) is 0 Å². The number of benzene rings is 1. The molecule has 0 saturated heterocycles. The molecule has 0 bridgehead atoms. The van der Waals surface area contributed by atoms with Gasteiger partial charge in [0, 0.05) is 0 Å².